The second kappa shape index (κ2) is 8.88. The van der Waals surface area contributed by atoms with Gasteiger partial charge in [0.25, 0.3) is 0 Å². The molecule has 0 spiro atoms. The summed E-state index contributed by atoms with van der Waals surface area (Å²) >= 11 is 0. The summed E-state index contributed by atoms with van der Waals surface area (Å²) < 4.78 is 5.56. The van der Waals surface area contributed by atoms with E-state index in [1.807, 2.05) is 25.1 Å². The first-order valence-corrected chi connectivity index (χ1v) is 9.18. The van der Waals surface area contributed by atoms with Crippen LogP contribution in [-0.2, 0) is 13.2 Å². The fraction of sp³-hybridized carbons (Fsp3) is 0.429. The zero-order chi connectivity index (χ0) is 17.5. The van der Waals surface area contributed by atoms with Crippen LogP contribution in [0.5, 0.6) is 5.75 Å². The molecular formula is C21H28N2O2. The highest BCUT2D eigenvalue weighted by molar-refractivity contribution is 5.51. The van der Waals surface area contributed by atoms with Gasteiger partial charge < -0.3 is 15.2 Å². The molecule has 0 aromatic heterocycles. The van der Waals surface area contributed by atoms with Gasteiger partial charge in [0.2, 0.25) is 0 Å². The van der Waals surface area contributed by atoms with Gasteiger partial charge in [0, 0.05) is 30.4 Å². The Balaban J connectivity index is 1.60. The van der Waals surface area contributed by atoms with Crippen LogP contribution < -0.4 is 10.1 Å². The second-order valence-electron chi connectivity index (χ2n) is 6.62. The Hall–Kier alpha value is -2.04. The Morgan fingerprint density at radius 1 is 1.20 bits per heavy atom. The molecule has 2 N–H and O–H groups in total. The molecular weight excluding hydrogens is 312 g/mol. The number of hydrogen-bond donors (Lipinski definition) is 2. The highest BCUT2D eigenvalue weighted by Crippen LogP contribution is 2.25. The van der Waals surface area contributed by atoms with Crippen LogP contribution in [-0.4, -0.2) is 35.7 Å². The molecule has 3 rings (SSSR count). The van der Waals surface area contributed by atoms with Crippen molar-refractivity contribution in [2.75, 3.05) is 25.0 Å². The zero-order valence-corrected chi connectivity index (χ0v) is 14.9. The molecule has 134 valence electrons. The lowest BCUT2D eigenvalue weighted by Crippen LogP contribution is -2.41. The van der Waals surface area contributed by atoms with E-state index in [0.717, 1.165) is 36.6 Å². The third-order valence-electron chi connectivity index (χ3n) is 4.66. The lowest BCUT2D eigenvalue weighted by molar-refractivity contribution is 0.208. The molecule has 0 aliphatic carbocycles. The average Bonchev–Trinajstić information content (AvgIpc) is 2.64. The minimum absolute atomic E-state index is 0.00431. The summed E-state index contributed by atoms with van der Waals surface area (Å²) in [5.74, 6) is 0.768. The smallest absolute Gasteiger partial charge is 0.124 e. The summed E-state index contributed by atoms with van der Waals surface area (Å²) in [5.41, 5.74) is 3.26. The van der Waals surface area contributed by atoms with Gasteiger partial charge in [-0.1, -0.05) is 30.3 Å². The Morgan fingerprint density at radius 3 is 2.80 bits per heavy atom. The molecule has 4 heteroatoms. The normalized spacial score (nSPS) is 18.1. The molecule has 2 aromatic rings. The first-order chi connectivity index (χ1) is 12.3. The molecule has 4 nitrogen and oxygen atoms in total. The SMILES string of the molecule is CCOc1ccc(NC2CCCN(Cc3ccccc3)C2)cc1CO. The van der Waals surface area contributed by atoms with Crippen LogP contribution in [0.25, 0.3) is 0 Å². The lowest BCUT2D eigenvalue weighted by Gasteiger charge is -2.33. The van der Waals surface area contributed by atoms with Crippen molar-refractivity contribution in [3.05, 3.63) is 59.7 Å². The maximum atomic E-state index is 9.57. The van der Waals surface area contributed by atoms with E-state index in [1.54, 1.807) is 0 Å². The fourth-order valence-corrected chi connectivity index (χ4v) is 3.48. The fourth-order valence-electron chi connectivity index (χ4n) is 3.48. The molecule has 1 aliphatic heterocycles. The van der Waals surface area contributed by atoms with Crippen LogP contribution >= 0.6 is 0 Å². The van der Waals surface area contributed by atoms with Crippen molar-refractivity contribution in [3.8, 4) is 5.75 Å². The molecule has 1 atom stereocenters. The molecule has 2 aromatic carbocycles. The van der Waals surface area contributed by atoms with Gasteiger partial charge in [-0.2, -0.15) is 0 Å². The topological polar surface area (TPSA) is 44.7 Å². The van der Waals surface area contributed by atoms with Gasteiger partial charge in [-0.3, -0.25) is 4.90 Å². The van der Waals surface area contributed by atoms with Crippen LogP contribution in [0, 0.1) is 0 Å². The van der Waals surface area contributed by atoms with Gasteiger partial charge in [0.05, 0.1) is 13.2 Å². The first kappa shape index (κ1) is 17.8. The predicted molar refractivity (Wildman–Crippen MR) is 102 cm³/mol. The van der Waals surface area contributed by atoms with Crippen molar-refractivity contribution in [2.24, 2.45) is 0 Å². The molecule has 0 saturated carbocycles. The molecule has 1 saturated heterocycles. The summed E-state index contributed by atoms with van der Waals surface area (Å²) in [5, 5.41) is 13.2. The molecule has 0 bridgehead atoms. The minimum atomic E-state index is -0.00431. The van der Waals surface area contributed by atoms with Crippen molar-refractivity contribution in [1.29, 1.82) is 0 Å². The molecule has 0 radical (unpaired) electrons. The van der Waals surface area contributed by atoms with Crippen LogP contribution in [0.2, 0.25) is 0 Å². The third-order valence-corrected chi connectivity index (χ3v) is 4.66. The van der Waals surface area contributed by atoms with Crippen molar-refractivity contribution < 1.29 is 9.84 Å². The minimum Gasteiger partial charge on any atom is -0.494 e. The van der Waals surface area contributed by atoms with Gasteiger partial charge in [-0.25, -0.2) is 0 Å². The van der Waals surface area contributed by atoms with Crippen LogP contribution in [0.4, 0.5) is 5.69 Å². The van der Waals surface area contributed by atoms with E-state index in [4.69, 9.17) is 4.74 Å². The maximum Gasteiger partial charge on any atom is 0.124 e. The summed E-state index contributed by atoms with van der Waals surface area (Å²) in [6, 6.07) is 17.1. The highest BCUT2D eigenvalue weighted by atomic mass is 16.5. The molecule has 1 heterocycles. The summed E-state index contributed by atoms with van der Waals surface area (Å²) in [6.45, 7) is 5.75. The average molecular weight is 340 g/mol. The first-order valence-electron chi connectivity index (χ1n) is 9.18. The van der Waals surface area contributed by atoms with E-state index in [-0.39, 0.29) is 6.61 Å². The quantitative estimate of drug-likeness (QED) is 0.807. The van der Waals surface area contributed by atoms with E-state index in [9.17, 15) is 5.11 Å². The number of ether oxygens (including phenoxy) is 1. The zero-order valence-electron chi connectivity index (χ0n) is 14.9. The molecule has 1 aliphatic rings. The monoisotopic (exact) mass is 340 g/mol. The summed E-state index contributed by atoms with van der Waals surface area (Å²) in [4.78, 5) is 2.51. The van der Waals surface area contributed by atoms with Crippen LogP contribution in [0.1, 0.15) is 30.9 Å². The van der Waals surface area contributed by atoms with E-state index < -0.39 is 0 Å². The number of rotatable bonds is 7. The standard InChI is InChI=1S/C21H28N2O2/c1-2-25-21-11-10-19(13-18(21)16-24)22-20-9-6-12-23(15-20)14-17-7-4-3-5-8-17/h3-5,7-8,10-11,13,20,22,24H,2,6,9,12,14-16H2,1H3. The number of benzene rings is 2. The Labute approximate surface area is 150 Å². The lowest BCUT2D eigenvalue weighted by atomic mass is 10.0. The number of aliphatic hydroxyl groups excluding tert-OH is 1. The van der Waals surface area contributed by atoms with Crippen molar-refractivity contribution >= 4 is 5.69 Å². The van der Waals surface area contributed by atoms with Crippen molar-refractivity contribution in [1.82, 2.24) is 4.90 Å². The predicted octanol–water partition coefficient (Wildman–Crippen LogP) is 3.65. The van der Waals surface area contributed by atoms with Crippen molar-refractivity contribution in [2.45, 2.75) is 39.0 Å². The van der Waals surface area contributed by atoms with E-state index in [1.165, 1.54) is 18.4 Å². The van der Waals surface area contributed by atoms with E-state index >= 15 is 0 Å². The van der Waals surface area contributed by atoms with Gasteiger partial charge in [-0.15, -0.1) is 0 Å². The molecule has 1 fully saturated rings. The molecule has 1 unspecified atom stereocenters. The number of anilines is 1. The number of hydrogen-bond acceptors (Lipinski definition) is 4. The summed E-state index contributed by atoms with van der Waals surface area (Å²) in [6.07, 6.45) is 2.38. The number of nitrogens with zero attached hydrogens (tertiary/aromatic N) is 1. The Kier molecular flexibility index (Phi) is 6.31. The summed E-state index contributed by atoms with van der Waals surface area (Å²) in [7, 11) is 0. The van der Waals surface area contributed by atoms with Crippen LogP contribution in [0.3, 0.4) is 0 Å². The van der Waals surface area contributed by atoms with Gasteiger partial charge >= 0.3 is 0 Å². The van der Waals surface area contributed by atoms with Gasteiger partial charge in [0.15, 0.2) is 0 Å². The third kappa shape index (κ3) is 4.97. The van der Waals surface area contributed by atoms with E-state index in [2.05, 4.69) is 40.5 Å². The van der Waals surface area contributed by atoms with E-state index in [0.29, 0.717) is 12.6 Å². The number of piperidine rings is 1. The van der Waals surface area contributed by atoms with Gasteiger partial charge in [-0.05, 0) is 50.1 Å². The molecule has 25 heavy (non-hydrogen) atoms. The Bertz CT molecular complexity index is 660. The number of nitrogens with one attached hydrogen (secondary N) is 1. The Morgan fingerprint density at radius 2 is 2.04 bits per heavy atom. The van der Waals surface area contributed by atoms with Crippen LogP contribution in [0.15, 0.2) is 48.5 Å². The maximum absolute atomic E-state index is 9.57. The molecule has 0 amide bonds. The largest absolute Gasteiger partial charge is 0.494 e. The number of likely N-dealkylation sites (tertiary alicyclic amines) is 1. The van der Waals surface area contributed by atoms with Crippen molar-refractivity contribution in [3.63, 3.8) is 0 Å². The van der Waals surface area contributed by atoms with Gasteiger partial charge in [0.1, 0.15) is 5.75 Å². The highest BCUT2D eigenvalue weighted by Gasteiger charge is 2.20. The second-order valence-corrected chi connectivity index (χ2v) is 6.62. The number of aliphatic hydroxyl groups is 1.